The molecule has 0 atom stereocenters. The zero-order valence-electron chi connectivity index (χ0n) is 16.0. The lowest BCUT2D eigenvalue weighted by Gasteiger charge is -2.36. The molecule has 0 bridgehead atoms. The van der Waals surface area contributed by atoms with Crippen LogP contribution >= 0.6 is 0 Å². The second-order valence-corrected chi connectivity index (χ2v) is 6.84. The molecule has 29 heavy (non-hydrogen) atoms. The van der Waals surface area contributed by atoms with E-state index in [0.29, 0.717) is 11.3 Å². The van der Waals surface area contributed by atoms with Gasteiger partial charge >= 0.3 is 0 Å². The number of hydrogen-bond donors (Lipinski definition) is 1. The van der Waals surface area contributed by atoms with E-state index in [-0.39, 0.29) is 18.3 Å². The largest absolute Gasteiger partial charge is 0.368 e. The Bertz CT molecular complexity index is 974. The fourth-order valence-corrected chi connectivity index (χ4v) is 3.38. The van der Waals surface area contributed by atoms with Gasteiger partial charge in [0.25, 0.3) is 5.91 Å². The molecule has 148 valence electrons. The Labute approximate surface area is 169 Å². The van der Waals surface area contributed by atoms with Crippen molar-refractivity contribution in [1.29, 1.82) is 0 Å². The predicted molar refractivity (Wildman–Crippen MR) is 110 cm³/mol. The van der Waals surface area contributed by atoms with Crippen molar-refractivity contribution >= 4 is 17.4 Å². The highest BCUT2D eigenvalue weighted by molar-refractivity contribution is 5.93. The van der Waals surface area contributed by atoms with Crippen molar-refractivity contribution in [2.75, 3.05) is 36.0 Å². The van der Waals surface area contributed by atoms with Crippen LogP contribution in [0.15, 0.2) is 67.0 Å². The SMILES string of the molecule is O=C(NCc1ccccc1F)c1cc(N2CCN(c3ccccn3)CC2)ccn1. The van der Waals surface area contributed by atoms with Crippen LogP contribution in [-0.4, -0.2) is 42.1 Å². The van der Waals surface area contributed by atoms with Crippen molar-refractivity contribution < 1.29 is 9.18 Å². The number of nitrogens with one attached hydrogen (secondary N) is 1. The third kappa shape index (κ3) is 4.51. The molecule has 7 heteroatoms. The number of carbonyl (C=O) groups excluding carboxylic acids is 1. The molecule has 1 fully saturated rings. The van der Waals surface area contributed by atoms with E-state index in [1.807, 2.05) is 24.3 Å². The van der Waals surface area contributed by atoms with Crippen molar-refractivity contribution in [2.24, 2.45) is 0 Å². The minimum atomic E-state index is -0.333. The first-order chi connectivity index (χ1) is 14.2. The minimum absolute atomic E-state index is 0.125. The Kier molecular flexibility index (Phi) is 5.65. The molecule has 3 heterocycles. The quantitative estimate of drug-likeness (QED) is 0.725. The van der Waals surface area contributed by atoms with Crippen LogP contribution in [0.25, 0.3) is 0 Å². The normalized spacial score (nSPS) is 14.0. The van der Waals surface area contributed by atoms with Crippen LogP contribution in [0, 0.1) is 5.82 Å². The van der Waals surface area contributed by atoms with Crippen LogP contribution in [0.1, 0.15) is 16.1 Å². The Morgan fingerprint density at radius 3 is 2.45 bits per heavy atom. The average molecular weight is 391 g/mol. The molecule has 4 rings (SSSR count). The number of anilines is 2. The summed E-state index contributed by atoms with van der Waals surface area (Å²) in [4.78, 5) is 25.5. The van der Waals surface area contributed by atoms with Gasteiger partial charge in [0.05, 0.1) is 0 Å². The van der Waals surface area contributed by atoms with Gasteiger partial charge in [-0.3, -0.25) is 9.78 Å². The number of amides is 1. The van der Waals surface area contributed by atoms with Gasteiger partial charge in [-0.25, -0.2) is 9.37 Å². The number of rotatable bonds is 5. The molecule has 1 N–H and O–H groups in total. The molecule has 0 unspecified atom stereocenters. The van der Waals surface area contributed by atoms with Crippen molar-refractivity contribution in [2.45, 2.75) is 6.54 Å². The third-order valence-corrected chi connectivity index (χ3v) is 4.99. The molecule has 3 aromatic rings. The number of nitrogens with zero attached hydrogens (tertiary/aromatic N) is 4. The summed E-state index contributed by atoms with van der Waals surface area (Å²) in [5, 5.41) is 2.74. The van der Waals surface area contributed by atoms with E-state index in [1.165, 1.54) is 6.07 Å². The highest BCUT2D eigenvalue weighted by Crippen LogP contribution is 2.19. The van der Waals surface area contributed by atoms with Crippen LogP contribution in [0.2, 0.25) is 0 Å². The van der Waals surface area contributed by atoms with Crippen LogP contribution in [0.3, 0.4) is 0 Å². The first-order valence-electron chi connectivity index (χ1n) is 9.59. The van der Waals surface area contributed by atoms with Gasteiger partial charge < -0.3 is 15.1 Å². The molecule has 0 saturated carbocycles. The topological polar surface area (TPSA) is 61.4 Å². The number of piperazine rings is 1. The van der Waals surface area contributed by atoms with Crippen molar-refractivity contribution in [1.82, 2.24) is 15.3 Å². The monoisotopic (exact) mass is 391 g/mol. The number of benzene rings is 1. The van der Waals surface area contributed by atoms with Gasteiger partial charge in [0, 0.05) is 56.4 Å². The Morgan fingerprint density at radius 2 is 1.69 bits per heavy atom. The summed E-state index contributed by atoms with van der Waals surface area (Å²) in [5.41, 5.74) is 1.73. The van der Waals surface area contributed by atoms with E-state index in [1.54, 1.807) is 36.7 Å². The predicted octanol–water partition coefficient (Wildman–Crippen LogP) is 2.87. The van der Waals surface area contributed by atoms with E-state index in [2.05, 4.69) is 25.1 Å². The van der Waals surface area contributed by atoms with Gasteiger partial charge in [-0.15, -0.1) is 0 Å². The molecule has 2 aromatic heterocycles. The van der Waals surface area contributed by atoms with Crippen LogP contribution < -0.4 is 15.1 Å². The second kappa shape index (κ2) is 8.68. The van der Waals surface area contributed by atoms with Crippen molar-refractivity contribution in [3.8, 4) is 0 Å². The van der Waals surface area contributed by atoms with Gasteiger partial charge in [-0.1, -0.05) is 24.3 Å². The molecule has 1 aliphatic heterocycles. The van der Waals surface area contributed by atoms with E-state index in [9.17, 15) is 9.18 Å². The first kappa shape index (κ1) is 18.9. The number of halogens is 1. The van der Waals surface area contributed by atoms with E-state index >= 15 is 0 Å². The molecule has 1 aliphatic rings. The number of pyridine rings is 2. The van der Waals surface area contributed by atoms with E-state index in [0.717, 1.165) is 37.7 Å². The maximum atomic E-state index is 13.7. The third-order valence-electron chi connectivity index (χ3n) is 4.99. The van der Waals surface area contributed by atoms with Gasteiger partial charge in [-0.05, 0) is 30.3 Å². The first-order valence-corrected chi connectivity index (χ1v) is 9.59. The summed E-state index contributed by atoms with van der Waals surface area (Å²) in [7, 11) is 0. The lowest BCUT2D eigenvalue weighted by atomic mass is 10.2. The smallest absolute Gasteiger partial charge is 0.270 e. The molecule has 1 aromatic carbocycles. The molecule has 0 aliphatic carbocycles. The summed E-state index contributed by atoms with van der Waals surface area (Å²) in [6.45, 7) is 3.50. The number of carbonyl (C=O) groups is 1. The maximum Gasteiger partial charge on any atom is 0.270 e. The molecular formula is C22H22FN5O. The minimum Gasteiger partial charge on any atom is -0.368 e. The standard InChI is InChI=1S/C22H22FN5O/c23-19-6-2-1-5-17(19)16-26-22(29)20-15-18(8-10-24-20)27-11-13-28(14-12-27)21-7-3-4-9-25-21/h1-10,15H,11-14,16H2,(H,26,29). The molecule has 1 saturated heterocycles. The number of hydrogen-bond acceptors (Lipinski definition) is 5. The fraction of sp³-hybridized carbons (Fsp3) is 0.227. The Hall–Kier alpha value is -3.48. The molecule has 1 amide bonds. The molecule has 0 spiro atoms. The van der Waals surface area contributed by atoms with Gasteiger partial charge in [0.15, 0.2) is 0 Å². The summed E-state index contributed by atoms with van der Waals surface area (Å²) in [6.07, 6.45) is 3.44. The zero-order chi connectivity index (χ0) is 20.1. The molecular weight excluding hydrogens is 369 g/mol. The lowest BCUT2D eigenvalue weighted by molar-refractivity contribution is 0.0945. The Balaban J connectivity index is 1.37. The highest BCUT2D eigenvalue weighted by Gasteiger charge is 2.19. The highest BCUT2D eigenvalue weighted by atomic mass is 19.1. The van der Waals surface area contributed by atoms with Crippen LogP contribution in [-0.2, 0) is 6.54 Å². The fourth-order valence-electron chi connectivity index (χ4n) is 3.38. The summed E-state index contributed by atoms with van der Waals surface area (Å²) in [6, 6.07) is 16.0. The Morgan fingerprint density at radius 1 is 0.931 bits per heavy atom. The lowest BCUT2D eigenvalue weighted by Crippen LogP contribution is -2.46. The maximum absolute atomic E-state index is 13.7. The second-order valence-electron chi connectivity index (χ2n) is 6.84. The van der Waals surface area contributed by atoms with Crippen molar-refractivity contribution in [3.63, 3.8) is 0 Å². The van der Waals surface area contributed by atoms with Gasteiger partial charge in [0.1, 0.15) is 17.3 Å². The molecule has 6 nitrogen and oxygen atoms in total. The zero-order valence-corrected chi connectivity index (χ0v) is 16.0. The van der Waals surface area contributed by atoms with E-state index < -0.39 is 0 Å². The summed E-state index contributed by atoms with van der Waals surface area (Å²) >= 11 is 0. The summed E-state index contributed by atoms with van der Waals surface area (Å²) in [5.74, 6) is 0.331. The van der Waals surface area contributed by atoms with Crippen LogP contribution in [0.5, 0.6) is 0 Å². The van der Waals surface area contributed by atoms with Crippen LogP contribution in [0.4, 0.5) is 15.9 Å². The van der Waals surface area contributed by atoms with Crippen molar-refractivity contribution in [3.05, 3.63) is 84.1 Å². The average Bonchev–Trinajstić information content (AvgIpc) is 2.79. The van der Waals surface area contributed by atoms with Gasteiger partial charge in [0.2, 0.25) is 0 Å². The molecule has 0 radical (unpaired) electrons. The van der Waals surface area contributed by atoms with E-state index in [4.69, 9.17) is 0 Å². The number of aromatic nitrogens is 2. The summed E-state index contributed by atoms with van der Waals surface area (Å²) < 4.78 is 13.7. The van der Waals surface area contributed by atoms with Gasteiger partial charge in [-0.2, -0.15) is 0 Å².